The molecule has 32 heavy (non-hydrogen) atoms. The predicted octanol–water partition coefficient (Wildman–Crippen LogP) is 2.98. The van der Waals surface area contributed by atoms with E-state index in [9.17, 15) is 9.59 Å². The zero-order chi connectivity index (χ0) is 23.2. The number of halogens is 1. The Morgan fingerprint density at radius 1 is 1.22 bits per heavy atom. The van der Waals surface area contributed by atoms with Crippen molar-refractivity contribution in [3.8, 4) is 0 Å². The molecule has 2 fully saturated rings. The number of hydrogen-bond acceptors (Lipinski definition) is 5. The van der Waals surface area contributed by atoms with Crippen molar-refractivity contribution >= 4 is 41.9 Å². The summed E-state index contributed by atoms with van der Waals surface area (Å²) in [5.41, 5.74) is -1.36. The molecule has 2 rings (SSSR count). The van der Waals surface area contributed by atoms with Crippen LogP contribution < -0.4 is 16.0 Å². The zero-order valence-electron chi connectivity index (χ0n) is 20.6. The number of nitrogens with one attached hydrogen (secondary N) is 3. The van der Waals surface area contributed by atoms with E-state index < -0.39 is 17.4 Å². The second-order valence-electron chi connectivity index (χ2n) is 9.78. The molecule has 1 aliphatic carbocycles. The number of amides is 2. The van der Waals surface area contributed by atoms with Crippen LogP contribution in [0.25, 0.3) is 0 Å². The fourth-order valence-corrected chi connectivity index (χ4v) is 3.61. The van der Waals surface area contributed by atoms with Gasteiger partial charge >= 0.3 is 6.09 Å². The number of rotatable bonds is 8. The van der Waals surface area contributed by atoms with Gasteiger partial charge in [0, 0.05) is 25.6 Å². The molecule has 186 valence electrons. The normalized spacial score (nSPS) is 22.7. The first-order valence-corrected chi connectivity index (χ1v) is 11.4. The summed E-state index contributed by atoms with van der Waals surface area (Å²) >= 11 is 0. The molecule has 9 nitrogen and oxygen atoms in total. The molecule has 1 aliphatic heterocycles. The number of guanidine groups is 1. The highest BCUT2D eigenvalue weighted by Gasteiger charge is 2.49. The Balaban J connectivity index is 0.00000512. The summed E-state index contributed by atoms with van der Waals surface area (Å²) in [5, 5.41) is 9.49. The molecule has 1 saturated heterocycles. The van der Waals surface area contributed by atoms with Gasteiger partial charge in [-0.2, -0.15) is 0 Å². The number of carbonyl (C=O) groups is 2. The van der Waals surface area contributed by atoms with Crippen molar-refractivity contribution in [1.29, 1.82) is 0 Å². The van der Waals surface area contributed by atoms with Crippen LogP contribution in [-0.2, 0) is 14.3 Å². The number of carbonyl (C=O) groups excluding carboxylic acids is 2. The van der Waals surface area contributed by atoms with E-state index in [4.69, 9.17) is 9.47 Å². The first-order valence-electron chi connectivity index (χ1n) is 11.4. The van der Waals surface area contributed by atoms with Gasteiger partial charge in [0.15, 0.2) is 5.96 Å². The van der Waals surface area contributed by atoms with E-state index in [2.05, 4.69) is 20.9 Å². The van der Waals surface area contributed by atoms with Gasteiger partial charge in [-0.3, -0.25) is 14.7 Å². The van der Waals surface area contributed by atoms with E-state index >= 15 is 0 Å². The molecule has 2 amide bonds. The number of ether oxygens (including phenoxy) is 2. The molecule has 2 atom stereocenters. The largest absolute Gasteiger partial charge is 0.444 e. The third kappa shape index (κ3) is 9.29. The van der Waals surface area contributed by atoms with Gasteiger partial charge in [0.2, 0.25) is 5.91 Å². The molecule has 3 N–H and O–H groups in total. The Labute approximate surface area is 209 Å². The van der Waals surface area contributed by atoms with Gasteiger partial charge in [-0.25, -0.2) is 4.79 Å². The van der Waals surface area contributed by atoms with Crippen molar-refractivity contribution in [3.05, 3.63) is 0 Å². The minimum atomic E-state index is -0.775. The topological polar surface area (TPSA) is 104 Å². The Hall–Kier alpha value is -1.30. The van der Waals surface area contributed by atoms with Gasteiger partial charge in [-0.15, -0.1) is 24.0 Å². The van der Waals surface area contributed by atoms with Crippen LogP contribution in [-0.4, -0.2) is 72.0 Å². The first kappa shape index (κ1) is 28.7. The molecule has 2 unspecified atom stereocenters. The third-order valence-corrected chi connectivity index (χ3v) is 5.11. The Morgan fingerprint density at radius 2 is 1.88 bits per heavy atom. The minimum absolute atomic E-state index is 0. The van der Waals surface area contributed by atoms with Crippen LogP contribution in [0.5, 0.6) is 0 Å². The highest BCUT2D eigenvalue weighted by Crippen LogP contribution is 2.33. The van der Waals surface area contributed by atoms with E-state index in [0.717, 1.165) is 19.3 Å². The molecule has 0 radical (unpaired) electrons. The number of aliphatic imine (C=N–C) groups is 1. The van der Waals surface area contributed by atoms with Crippen molar-refractivity contribution in [1.82, 2.24) is 20.9 Å². The molecule has 0 spiro atoms. The van der Waals surface area contributed by atoms with Crippen LogP contribution in [0.15, 0.2) is 4.99 Å². The van der Waals surface area contributed by atoms with Crippen LogP contribution >= 0.6 is 24.0 Å². The molecule has 0 aromatic carbocycles. The Morgan fingerprint density at radius 3 is 2.44 bits per heavy atom. The summed E-state index contributed by atoms with van der Waals surface area (Å²) in [6.07, 6.45) is 2.84. The maximum absolute atomic E-state index is 12.9. The zero-order valence-corrected chi connectivity index (χ0v) is 22.9. The van der Waals surface area contributed by atoms with E-state index in [1.807, 2.05) is 48.5 Å². The average molecular weight is 568 g/mol. The van der Waals surface area contributed by atoms with Crippen molar-refractivity contribution in [2.45, 2.75) is 104 Å². The summed E-state index contributed by atoms with van der Waals surface area (Å²) in [6, 6.07) is 0.150. The summed E-state index contributed by atoms with van der Waals surface area (Å²) in [5.74, 6) is 0.768. The van der Waals surface area contributed by atoms with E-state index in [1.54, 1.807) is 4.90 Å². The van der Waals surface area contributed by atoms with Crippen molar-refractivity contribution in [3.63, 3.8) is 0 Å². The molecule has 1 heterocycles. The summed E-state index contributed by atoms with van der Waals surface area (Å²) in [6.45, 7) is 15.0. The van der Waals surface area contributed by atoms with Crippen molar-refractivity contribution in [2.75, 3.05) is 19.6 Å². The molecular weight excluding hydrogens is 525 g/mol. The Bertz CT molecular complexity index is 661. The summed E-state index contributed by atoms with van der Waals surface area (Å²) < 4.78 is 11.6. The van der Waals surface area contributed by atoms with Crippen LogP contribution in [0.1, 0.15) is 74.1 Å². The van der Waals surface area contributed by atoms with Crippen LogP contribution in [0.2, 0.25) is 0 Å². The second-order valence-corrected chi connectivity index (χ2v) is 9.78. The van der Waals surface area contributed by atoms with Crippen LogP contribution in [0.3, 0.4) is 0 Å². The monoisotopic (exact) mass is 567 g/mol. The van der Waals surface area contributed by atoms with Gasteiger partial charge in [0.1, 0.15) is 11.3 Å². The lowest BCUT2D eigenvalue weighted by Crippen LogP contribution is -2.51. The van der Waals surface area contributed by atoms with Gasteiger partial charge in [-0.1, -0.05) is 0 Å². The van der Waals surface area contributed by atoms with Gasteiger partial charge in [-0.05, 0) is 67.7 Å². The van der Waals surface area contributed by atoms with E-state index in [0.29, 0.717) is 38.1 Å². The molecular formula is C22H42IN5O4. The van der Waals surface area contributed by atoms with Gasteiger partial charge in [0.25, 0.3) is 0 Å². The van der Waals surface area contributed by atoms with Crippen molar-refractivity contribution < 1.29 is 19.1 Å². The van der Waals surface area contributed by atoms with Crippen molar-refractivity contribution in [2.24, 2.45) is 4.99 Å². The molecule has 0 aromatic heterocycles. The highest BCUT2D eigenvalue weighted by atomic mass is 127. The van der Waals surface area contributed by atoms with Crippen LogP contribution in [0.4, 0.5) is 4.79 Å². The SMILES string of the molecule is CCNC(=NCC1C(C)OC(C)(C)N1C(=O)OC(C)(C)C)NCCCC(=O)NC1CC1.I. The highest BCUT2D eigenvalue weighted by molar-refractivity contribution is 14.0. The molecule has 0 aromatic rings. The van der Waals surface area contributed by atoms with E-state index in [1.165, 1.54) is 0 Å². The maximum Gasteiger partial charge on any atom is 0.412 e. The van der Waals surface area contributed by atoms with E-state index in [-0.39, 0.29) is 42.0 Å². The first-order chi connectivity index (χ1) is 14.4. The summed E-state index contributed by atoms with van der Waals surface area (Å²) in [7, 11) is 0. The fraction of sp³-hybridized carbons (Fsp3) is 0.864. The second kappa shape index (κ2) is 12.2. The van der Waals surface area contributed by atoms with Gasteiger partial charge in [0.05, 0.1) is 18.7 Å². The number of hydrogen-bond donors (Lipinski definition) is 3. The number of nitrogens with zero attached hydrogens (tertiary/aromatic N) is 2. The lowest BCUT2D eigenvalue weighted by Gasteiger charge is -2.34. The molecule has 2 aliphatic rings. The lowest BCUT2D eigenvalue weighted by atomic mass is 10.1. The standard InChI is InChI=1S/C22H41N5O4.HI/c1-8-23-19(24-13-9-10-18(28)26-16-11-12-16)25-14-17-15(2)30-22(6,7)27(17)20(29)31-21(3,4)5;/h15-17H,8-14H2,1-7H3,(H,26,28)(H2,23,24,25);1H. The smallest absolute Gasteiger partial charge is 0.412 e. The fourth-order valence-electron chi connectivity index (χ4n) is 3.61. The Kier molecular flexibility index (Phi) is 11.0. The lowest BCUT2D eigenvalue weighted by molar-refractivity contribution is -0.121. The van der Waals surface area contributed by atoms with Gasteiger partial charge < -0.3 is 25.4 Å². The average Bonchev–Trinajstić information content (AvgIpc) is 3.39. The molecule has 0 bridgehead atoms. The van der Waals surface area contributed by atoms with Crippen LogP contribution in [0, 0.1) is 0 Å². The quantitative estimate of drug-likeness (QED) is 0.180. The minimum Gasteiger partial charge on any atom is -0.444 e. The third-order valence-electron chi connectivity index (χ3n) is 5.11. The molecule has 1 saturated carbocycles. The summed E-state index contributed by atoms with van der Waals surface area (Å²) in [4.78, 5) is 31.0. The molecule has 10 heteroatoms. The predicted molar refractivity (Wildman–Crippen MR) is 136 cm³/mol. The maximum atomic E-state index is 12.9.